The molecule has 1 atom stereocenters. The van der Waals surface area contributed by atoms with E-state index in [0.717, 1.165) is 59.3 Å². The molecular formula is C19H24BrN5OS. The highest BCUT2D eigenvalue weighted by Gasteiger charge is 2.31. The summed E-state index contributed by atoms with van der Waals surface area (Å²) in [6.45, 7) is 9.34. The average molecular weight is 450 g/mol. The van der Waals surface area contributed by atoms with Crippen LogP contribution in [0.4, 0.5) is 0 Å². The van der Waals surface area contributed by atoms with Gasteiger partial charge in [0.2, 0.25) is 10.8 Å². The molecule has 144 valence electrons. The molecule has 0 unspecified atom stereocenters. The predicted molar refractivity (Wildman–Crippen MR) is 112 cm³/mol. The molecule has 0 amide bonds. The van der Waals surface area contributed by atoms with Crippen LogP contribution in [0.2, 0.25) is 0 Å². The van der Waals surface area contributed by atoms with Crippen molar-refractivity contribution in [3.63, 3.8) is 0 Å². The van der Waals surface area contributed by atoms with Gasteiger partial charge in [-0.15, -0.1) is 5.10 Å². The minimum Gasteiger partial charge on any atom is -0.492 e. The van der Waals surface area contributed by atoms with E-state index in [0.29, 0.717) is 0 Å². The van der Waals surface area contributed by atoms with Crippen molar-refractivity contribution in [2.45, 2.75) is 26.3 Å². The van der Waals surface area contributed by atoms with Crippen molar-refractivity contribution in [2.24, 2.45) is 0 Å². The van der Waals surface area contributed by atoms with Gasteiger partial charge in [-0.1, -0.05) is 53.2 Å². The molecule has 0 saturated carbocycles. The number of thiazole rings is 1. The summed E-state index contributed by atoms with van der Waals surface area (Å²) >= 11 is 5.13. The highest BCUT2D eigenvalue weighted by atomic mass is 79.9. The van der Waals surface area contributed by atoms with Crippen molar-refractivity contribution in [3.05, 3.63) is 45.0 Å². The van der Waals surface area contributed by atoms with Crippen LogP contribution in [0.3, 0.4) is 0 Å². The topological polar surface area (TPSA) is 56.9 Å². The minimum atomic E-state index is 0.0000765. The van der Waals surface area contributed by atoms with Crippen LogP contribution in [0.15, 0.2) is 28.7 Å². The molecule has 0 aliphatic carbocycles. The molecule has 3 aromatic rings. The van der Waals surface area contributed by atoms with Crippen LogP contribution < -0.4 is 0 Å². The van der Waals surface area contributed by atoms with E-state index in [4.69, 9.17) is 0 Å². The minimum absolute atomic E-state index is 0.0000765. The lowest BCUT2D eigenvalue weighted by atomic mass is 10.0. The van der Waals surface area contributed by atoms with E-state index in [-0.39, 0.29) is 11.9 Å². The van der Waals surface area contributed by atoms with Gasteiger partial charge in [-0.3, -0.25) is 4.90 Å². The zero-order chi connectivity index (χ0) is 19.0. The molecule has 0 spiro atoms. The molecule has 27 heavy (non-hydrogen) atoms. The van der Waals surface area contributed by atoms with E-state index in [1.807, 2.05) is 13.0 Å². The van der Waals surface area contributed by atoms with E-state index in [2.05, 4.69) is 60.9 Å². The number of piperazine rings is 1. The summed E-state index contributed by atoms with van der Waals surface area (Å²) in [4.78, 5) is 11.1. The quantitative estimate of drug-likeness (QED) is 0.645. The number of halogens is 1. The lowest BCUT2D eigenvalue weighted by Crippen LogP contribution is -2.47. The SMILES string of the molecule is CCc1nc2sc([C@H](c3cccc(Br)c3)N3CCN(CC)CC3)c(O)n2n1. The molecule has 0 radical (unpaired) electrons. The Morgan fingerprint density at radius 1 is 1.22 bits per heavy atom. The Kier molecular flexibility index (Phi) is 5.50. The molecule has 8 heteroatoms. The number of hydrogen-bond donors (Lipinski definition) is 1. The maximum Gasteiger partial charge on any atom is 0.230 e. The number of aromatic hydroxyl groups is 1. The van der Waals surface area contributed by atoms with E-state index < -0.39 is 0 Å². The molecular weight excluding hydrogens is 426 g/mol. The summed E-state index contributed by atoms with van der Waals surface area (Å²) in [5.74, 6) is 0.976. The van der Waals surface area contributed by atoms with Crippen molar-refractivity contribution < 1.29 is 5.11 Å². The van der Waals surface area contributed by atoms with Crippen molar-refractivity contribution in [3.8, 4) is 5.88 Å². The first-order chi connectivity index (χ1) is 13.1. The van der Waals surface area contributed by atoms with Gasteiger partial charge in [0, 0.05) is 37.1 Å². The number of fused-ring (bicyclic) bond motifs is 1. The zero-order valence-corrected chi connectivity index (χ0v) is 18.0. The second kappa shape index (κ2) is 7.87. The summed E-state index contributed by atoms with van der Waals surface area (Å²) < 4.78 is 2.64. The Morgan fingerprint density at radius 2 is 2.00 bits per heavy atom. The summed E-state index contributed by atoms with van der Waals surface area (Å²) in [7, 11) is 0. The first kappa shape index (κ1) is 18.9. The van der Waals surface area contributed by atoms with Crippen molar-refractivity contribution in [1.29, 1.82) is 0 Å². The largest absolute Gasteiger partial charge is 0.492 e. The zero-order valence-electron chi connectivity index (χ0n) is 15.6. The second-order valence-electron chi connectivity index (χ2n) is 6.79. The number of hydrogen-bond acceptors (Lipinski definition) is 6. The van der Waals surface area contributed by atoms with Crippen LogP contribution >= 0.6 is 27.3 Å². The average Bonchev–Trinajstić information content (AvgIpc) is 3.22. The van der Waals surface area contributed by atoms with Crippen LogP contribution in [0.25, 0.3) is 4.96 Å². The third-order valence-corrected chi connectivity index (χ3v) is 6.76. The van der Waals surface area contributed by atoms with Gasteiger partial charge in [-0.2, -0.15) is 4.52 Å². The van der Waals surface area contributed by atoms with Gasteiger partial charge in [0.1, 0.15) is 0 Å². The Hall–Kier alpha value is -1.48. The van der Waals surface area contributed by atoms with Crippen LogP contribution in [-0.2, 0) is 6.42 Å². The van der Waals surface area contributed by atoms with Gasteiger partial charge >= 0.3 is 0 Å². The molecule has 0 bridgehead atoms. The van der Waals surface area contributed by atoms with Gasteiger partial charge in [-0.25, -0.2) is 4.98 Å². The first-order valence-electron chi connectivity index (χ1n) is 9.39. The molecule has 4 rings (SSSR count). The molecule has 1 saturated heterocycles. The van der Waals surface area contributed by atoms with Crippen molar-refractivity contribution in [2.75, 3.05) is 32.7 Å². The predicted octanol–water partition coefficient (Wildman–Crippen LogP) is 3.55. The van der Waals surface area contributed by atoms with Crippen LogP contribution in [0, 0.1) is 0 Å². The van der Waals surface area contributed by atoms with Gasteiger partial charge in [-0.05, 0) is 24.2 Å². The molecule has 2 aromatic heterocycles. The molecule has 6 nitrogen and oxygen atoms in total. The number of likely N-dealkylation sites (N-methyl/N-ethyl adjacent to an activating group) is 1. The van der Waals surface area contributed by atoms with Gasteiger partial charge in [0.25, 0.3) is 0 Å². The molecule has 1 fully saturated rings. The lowest BCUT2D eigenvalue weighted by molar-refractivity contribution is 0.113. The number of nitrogens with zero attached hydrogens (tertiary/aromatic N) is 5. The van der Waals surface area contributed by atoms with Crippen LogP contribution in [-0.4, -0.2) is 62.2 Å². The normalized spacial score (nSPS) is 17.6. The standard InChI is InChI=1S/C19H24BrN5OS/c1-3-15-21-19-25(22-15)18(26)17(27-19)16(13-6-5-7-14(20)12-13)24-10-8-23(4-2)9-11-24/h5-7,12,16,26H,3-4,8-11H2,1-2H3/t16-/m0/s1. The van der Waals surface area contributed by atoms with E-state index >= 15 is 0 Å². The maximum absolute atomic E-state index is 11.0. The van der Waals surface area contributed by atoms with E-state index in [9.17, 15) is 5.11 Å². The summed E-state index contributed by atoms with van der Waals surface area (Å²) in [5.41, 5.74) is 1.17. The highest BCUT2D eigenvalue weighted by Crippen LogP contribution is 2.40. The number of aromatic nitrogens is 3. The number of aryl methyl sites for hydroxylation is 1. The fourth-order valence-electron chi connectivity index (χ4n) is 3.66. The highest BCUT2D eigenvalue weighted by molar-refractivity contribution is 9.10. The van der Waals surface area contributed by atoms with E-state index in [1.165, 1.54) is 16.9 Å². The van der Waals surface area contributed by atoms with Gasteiger partial charge in [0.15, 0.2) is 5.82 Å². The van der Waals surface area contributed by atoms with Crippen molar-refractivity contribution >= 4 is 32.2 Å². The third-order valence-electron chi connectivity index (χ3n) is 5.19. The van der Waals surface area contributed by atoms with Gasteiger partial charge < -0.3 is 10.0 Å². The maximum atomic E-state index is 11.0. The van der Waals surface area contributed by atoms with E-state index in [1.54, 1.807) is 4.52 Å². The smallest absolute Gasteiger partial charge is 0.230 e. The van der Waals surface area contributed by atoms with Crippen LogP contribution in [0.5, 0.6) is 5.88 Å². The molecule has 1 aliphatic rings. The van der Waals surface area contributed by atoms with Gasteiger partial charge in [0.05, 0.1) is 10.9 Å². The Bertz CT molecular complexity index is 931. The van der Waals surface area contributed by atoms with Crippen molar-refractivity contribution in [1.82, 2.24) is 24.4 Å². The fraction of sp³-hybridized carbons (Fsp3) is 0.474. The Morgan fingerprint density at radius 3 is 2.63 bits per heavy atom. The lowest BCUT2D eigenvalue weighted by Gasteiger charge is -2.38. The summed E-state index contributed by atoms with van der Waals surface area (Å²) in [6, 6.07) is 8.36. The molecule has 3 heterocycles. The molecule has 1 N–H and O–H groups in total. The molecule has 1 aliphatic heterocycles. The Balaban J connectivity index is 1.76. The second-order valence-corrected chi connectivity index (χ2v) is 8.72. The monoisotopic (exact) mass is 449 g/mol. The number of rotatable bonds is 5. The fourth-order valence-corrected chi connectivity index (χ4v) is 5.21. The Labute approximate surface area is 171 Å². The van der Waals surface area contributed by atoms with Crippen LogP contribution in [0.1, 0.15) is 36.2 Å². The summed E-state index contributed by atoms with van der Waals surface area (Å²) in [6.07, 6.45) is 0.761. The molecule has 1 aromatic carbocycles. The first-order valence-corrected chi connectivity index (χ1v) is 11.0. The number of benzene rings is 1. The third kappa shape index (κ3) is 3.63. The summed E-state index contributed by atoms with van der Waals surface area (Å²) in [5, 5.41) is 15.4.